The molecule has 0 spiro atoms. The molecule has 1 N–H and O–H groups in total. The Morgan fingerprint density at radius 2 is 1.71 bits per heavy atom. The number of hydrazone groups is 1. The third-order valence-corrected chi connectivity index (χ3v) is 6.71. The molecule has 198 valence electrons. The second kappa shape index (κ2) is 12.3. The Morgan fingerprint density at radius 3 is 2.32 bits per heavy atom. The van der Waals surface area contributed by atoms with Crippen molar-refractivity contribution in [1.29, 1.82) is 0 Å². The van der Waals surface area contributed by atoms with E-state index in [0.29, 0.717) is 5.56 Å². The first-order chi connectivity index (χ1) is 18.1. The van der Waals surface area contributed by atoms with Crippen LogP contribution in [0.25, 0.3) is 0 Å². The van der Waals surface area contributed by atoms with Crippen LogP contribution < -0.4 is 19.2 Å². The van der Waals surface area contributed by atoms with Gasteiger partial charge < -0.3 is 14.2 Å². The van der Waals surface area contributed by atoms with E-state index in [4.69, 9.17) is 9.47 Å². The number of nitro benzene ring substituents is 1. The first-order valence-corrected chi connectivity index (χ1v) is 12.2. The molecule has 1 amide bonds. The van der Waals surface area contributed by atoms with Gasteiger partial charge in [0.1, 0.15) is 6.54 Å². The number of ether oxygens (including phenoxy) is 3. The number of hydrogen-bond donors (Lipinski definition) is 1. The molecule has 0 aromatic heterocycles. The van der Waals surface area contributed by atoms with Crippen LogP contribution in [-0.2, 0) is 19.6 Å². The third-order valence-electron chi connectivity index (χ3n) is 4.92. The Labute approximate surface area is 217 Å². The highest BCUT2D eigenvalue weighted by atomic mass is 32.2. The topological polar surface area (TPSA) is 167 Å². The van der Waals surface area contributed by atoms with E-state index in [1.165, 1.54) is 67.9 Å². The highest BCUT2D eigenvalue weighted by Gasteiger charge is 2.27. The second-order valence-electron chi connectivity index (χ2n) is 7.36. The van der Waals surface area contributed by atoms with E-state index in [2.05, 4.69) is 15.3 Å². The maximum absolute atomic E-state index is 13.3. The van der Waals surface area contributed by atoms with Gasteiger partial charge in [-0.25, -0.2) is 18.6 Å². The number of benzene rings is 3. The molecule has 0 radical (unpaired) electrons. The molecule has 0 bridgehead atoms. The third kappa shape index (κ3) is 6.82. The normalized spacial score (nSPS) is 11.0. The minimum atomic E-state index is -4.20. The van der Waals surface area contributed by atoms with Gasteiger partial charge in [0.2, 0.25) is 0 Å². The summed E-state index contributed by atoms with van der Waals surface area (Å²) in [5.74, 6) is -0.480. The summed E-state index contributed by atoms with van der Waals surface area (Å²) >= 11 is 0. The van der Waals surface area contributed by atoms with Gasteiger partial charge in [0.15, 0.2) is 11.5 Å². The van der Waals surface area contributed by atoms with Gasteiger partial charge >= 0.3 is 6.16 Å². The van der Waals surface area contributed by atoms with Gasteiger partial charge in [-0.05, 0) is 48.0 Å². The fourth-order valence-electron chi connectivity index (χ4n) is 3.10. The Balaban J connectivity index is 1.79. The van der Waals surface area contributed by atoms with Gasteiger partial charge in [-0.3, -0.25) is 19.2 Å². The second-order valence-corrected chi connectivity index (χ2v) is 9.22. The minimum Gasteiger partial charge on any atom is -0.493 e. The minimum absolute atomic E-state index is 0.0458. The fourth-order valence-corrected chi connectivity index (χ4v) is 4.54. The van der Waals surface area contributed by atoms with Crippen molar-refractivity contribution in [2.75, 3.05) is 25.1 Å². The molecule has 0 unspecified atom stereocenters. The van der Waals surface area contributed by atoms with Crippen LogP contribution in [0.3, 0.4) is 0 Å². The zero-order chi connectivity index (χ0) is 27.7. The molecule has 3 aromatic carbocycles. The summed E-state index contributed by atoms with van der Waals surface area (Å²) in [6.45, 7) is -0.665. The number of nitro groups is 1. The number of nitrogens with one attached hydrogen (secondary N) is 1. The Bertz CT molecular complexity index is 1440. The van der Waals surface area contributed by atoms with Gasteiger partial charge in [0.05, 0.1) is 35.9 Å². The van der Waals surface area contributed by atoms with Crippen LogP contribution in [0.1, 0.15) is 5.56 Å². The summed E-state index contributed by atoms with van der Waals surface area (Å²) in [7, 11) is -1.68. The van der Waals surface area contributed by atoms with E-state index >= 15 is 0 Å². The maximum atomic E-state index is 13.3. The maximum Gasteiger partial charge on any atom is 0.513 e. The van der Waals surface area contributed by atoms with E-state index in [0.717, 1.165) is 23.5 Å². The number of sulfonamides is 1. The fraction of sp³-hybridized carbons (Fsp3) is 0.125. The predicted molar refractivity (Wildman–Crippen MR) is 136 cm³/mol. The van der Waals surface area contributed by atoms with Gasteiger partial charge in [-0.15, -0.1) is 0 Å². The number of hydrogen-bond acceptors (Lipinski definition) is 10. The van der Waals surface area contributed by atoms with Crippen LogP contribution in [0.5, 0.6) is 11.5 Å². The summed E-state index contributed by atoms with van der Waals surface area (Å²) in [6.07, 6.45) is 0.338. The standard InChI is InChI=1S/C24H22N4O9S/c1-35-22-14-17(8-13-21(22)37-24(30)36-2)15-25-26-23(29)16-27(18-9-11-19(12-10-18)28(31)32)38(33,34)20-6-4-3-5-7-20/h3-15H,16H2,1-2H3,(H,26,29)/b25-15-. The van der Waals surface area contributed by atoms with Gasteiger partial charge in [0.25, 0.3) is 21.6 Å². The molecular formula is C24H22N4O9S. The summed E-state index contributed by atoms with van der Waals surface area (Å²) in [5.41, 5.74) is 2.52. The van der Waals surface area contributed by atoms with Crippen molar-refractivity contribution in [2.24, 2.45) is 5.10 Å². The van der Waals surface area contributed by atoms with Crippen molar-refractivity contribution in [1.82, 2.24) is 5.43 Å². The van der Waals surface area contributed by atoms with Crippen LogP contribution >= 0.6 is 0 Å². The number of carbonyl (C=O) groups excluding carboxylic acids is 2. The molecule has 14 heteroatoms. The molecule has 0 saturated heterocycles. The number of rotatable bonds is 10. The Kier molecular flexibility index (Phi) is 8.95. The van der Waals surface area contributed by atoms with Crippen LogP contribution in [0.2, 0.25) is 0 Å². The summed E-state index contributed by atoms with van der Waals surface area (Å²) in [5, 5.41) is 14.8. The zero-order valence-corrected chi connectivity index (χ0v) is 21.0. The lowest BCUT2D eigenvalue weighted by Crippen LogP contribution is -2.39. The lowest BCUT2D eigenvalue weighted by Gasteiger charge is -2.23. The summed E-state index contributed by atoms with van der Waals surface area (Å²) in [4.78, 5) is 34.3. The molecule has 13 nitrogen and oxygen atoms in total. The van der Waals surface area contributed by atoms with E-state index in [1.54, 1.807) is 6.07 Å². The highest BCUT2D eigenvalue weighted by Crippen LogP contribution is 2.28. The average Bonchev–Trinajstić information content (AvgIpc) is 2.92. The molecule has 0 saturated carbocycles. The SMILES string of the molecule is COC(=O)Oc1ccc(/C=N\NC(=O)CN(c2ccc([N+](=O)[O-])cc2)S(=O)(=O)c2ccccc2)cc1OC. The van der Waals surface area contributed by atoms with Gasteiger partial charge in [-0.1, -0.05) is 18.2 Å². The predicted octanol–water partition coefficient (Wildman–Crippen LogP) is 3.09. The lowest BCUT2D eigenvalue weighted by atomic mass is 10.2. The zero-order valence-electron chi connectivity index (χ0n) is 20.1. The monoisotopic (exact) mass is 542 g/mol. The number of amides is 1. The van der Waals surface area contributed by atoms with Crippen molar-refractivity contribution in [2.45, 2.75) is 4.90 Å². The molecular weight excluding hydrogens is 520 g/mol. The lowest BCUT2D eigenvalue weighted by molar-refractivity contribution is -0.384. The number of methoxy groups -OCH3 is 2. The van der Waals surface area contributed by atoms with Crippen LogP contribution in [-0.4, -0.2) is 52.4 Å². The Morgan fingerprint density at radius 1 is 1.03 bits per heavy atom. The molecule has 38 heavy (non-hydrogen) atoms. The van der Waals surface area contributed by atoms with E-state index in [-0.39, 0.29) is 27.8 Å². The molecule has 0 fully saturated rings. The van der Waals surface area contributed by atoms with Crippen LogP contribution in [0.15, 0.2) is 82.8 Å². The summed E-state index contributed by atoms with van der Waals surface area (Å²) in [6, 6.07) is 16.6. The smallest absolute Gasteiger partial charge is 0.493 e. The molecule has 3 aromatic rings. The van der Waals surface area contributed by atoms with Crippen molar-refractivity contribution in [3.05, 3.63) is 88.5 Å². The average molecular weight is 543 g/mol. The van der Waals surface area contributed by atoms with Crippen LogP contribution in [0, 0.1) is 10.1 Å². The number of non-ortho nitro benzene ring substituents is 1. The molecule has 0 atom stereocenters. The van der Waals surface area contributed by atoms with Crippen molar-refractivity contribution in [3.63, 3.8) is 0 Å². The van der Waals surface area contributed by atoms with E-state index < -0.39 is 33.6 Å². The molecule has 0 aliphatic heterocycles. The first-order valence-electron chi connectivity index (χ1n) is 10.7. The van der Waals surface area contributed by atoms with Crippen molar-refractivity contribution in [3.8, 4) is 11.5 Å². The molecule has 0 aliphatic carbocycles. The number of nitrogens with zero attached hydrogens (tertiary/aromatic N) is 3. The number of carbonyl (C=O) groups is 2. The largest absolute Gasteiger partial charge is 0.513 e. The molecule has 0 heterocycles. The van der Waals surface area contributed by atoms with Crippen molar-refractivity contribution < 1.29 is 37.1 Å². The Hall–Kier alpha value is -4.98. The van der Waals surface area contributed by atoms with Gasteiger partial charge in [0, 0.05) is 12.1 Å². The first kappa shape index (κ1) is 27.6. The van der Waals surface area contributed by atoms with E-state index in [9.17, 15) is 28.1 Å². The molecule has 0 aliphatic rings. The number of anilines is 1. The highest BCUT2D eigenvalue weighted by molar-refractivity contribution is 7.92. The van der Waals surface area contributed by atoms with Gasteiger partial charge in [-0.2, -0.15) is 5.10 Å². The van der Waals surface area contributed by atoms with Crippen molar-refractivity contribution >= 4 is 39.7 Å². The van der Waals surface area contributed by atoms with E-state index in [1.807, 2.05) is 0 Å². The van der Waals surface area contributed by atoms with Crippen LogP contribution in [0.4, 0.5) is 16.2 Å². The summed E-state index contributed by atoms with van der Waals surface area (Å²) < 4.78 is 42.0. The molecule has 3 rings (SSSR count). The quantitative estimate of drug-likeness (QED) is 0.133.